The molecule has 2 N–H and O–H groups in total. The fraction of sp³-hybridized carbons (Fsp3) is 0.360. The minimum absolute atomic E-state index is 0.0102. The monoisotopic (exact) mass is 422 g/mol. The Morgan fingerprint density at radius 1 is 1.16 bits per heavy atom. The molecule has 0 unspecified atom stereocenters. The second kappa shape index (κ2) is 10.8. The van der Waals surface area contributed by atoms with Gasteiger partial charge in [-0.1, -0.05) is 36.8 Å². The first-order valence-corrected chi connectivity index (χ1v) is 10.8. The van der Waals surface area contributed by atoms with Crippen molar-refractivity contribution < 1.29 is 19.2 Å². The number of rotatable bonds is 7. The van der Waals surface area contributed by atoms with Crippen molar-refractivity contribution in [1.82, 2.24) is 4.90 Å². The van der Waals surface area contributed by atoms with E-state index in [2.05, 4.69) is 12.2 Å². The Morgan fingerprint density at radius 2 is 1.90 bits per heavy atom. The van der Waals surface area contributed by atoms with Gasteiger partial charge in [0.25, 0.3) is 5.91 Å². The van der Waals surface area contributed by atoms with Gasteiger partial charge in [-0.05, 0) is 43.2 Å². The molecule has 0 aliphatic carbocycles. The molecule has 1 saturated heterocycles. The average molecular weight is 423 g/mol. The SMILES string of the molecule is CCc1ccccc1NC(=O)C[NH+]1CCN(C(=O)/C=C/c2cc(C)ccc2OC)CC1. The number of quaternary nitrogens is 1. The molecule has 0 aromatic heterocycles. The highest BCUT2D eigenvalue weighted by molar-refractivity contribution is 5.93. The second-order valence-corrected chi connectivity index (χ2v) is 7.89. The minimum Gasteiger partial charge on any atom is -0.496 e. The molecule has 6 nitrogen and oxygen atoms in total. The van der Waals surface area contributed by atoms with Gasteiger partial charge in [-0.15, -0.1) is 0 Å². The molecule has 3 rings (SSSR count). The molecule has 2 aromatic rings. The molecule has 164 valence electrons. The number of piperazine rings is 1. The van der Waals surface area contributed by atoms with Crippen LogP contribution in [0.3, 0.4) is 0 Å². The maximum absolute atomic E-state index is 12.6. The van der Waals surface area contributed by atoms with Crippen LogP contribution in [0.2, 0.25) is 0 Å². The molecule has 2 amide bonds. The molecule has 0 saturated carbocycles. The van der Waals surface area contributed by atoms with Gasteiger partial charge in [-0.25, -0.2) is 0 Å². The van der Waals surface area contributed by atoms with Crippen LogP contribution in [0.4, 0.5) is 5.69 Å². The van der Waals surface area contributed by atoms with E-state index < -0.39 is 0 Å². The van der Waals surface area contributed by atoms with Crippen LogP contribution in [-0.2, 0) is 16.0 Å². The number of ether oxygens (including phenoxy) is 1. The summed E-state index contributed by atoms with van der Waals surface area (Å²) < 4.78 is 5.37. The van der Waals surface area contributed by atoms with Crippen LogP contribution in [-0.4, -0.2) is 56.5 Å². The lowest BCUT2D eigenvalue weighted by molar-refractivity contribution is -0.895. The van der Waals surface area contributed by atoms with Crippen molar-refractivity contribution in [1.29, 1.82) is 0 Å². The third kappa shape index (κ3) is 6.18. The molecule has 2 aromatic carbocycles. The van der Waals surface area contributed by atoms with Gasteiger partial charge < -0.3 is 19.9 Å². The third-order valence-corrected chi connectivity index (χ3v) is 5.66. The van der Waals surface area contributed by atoms with Crippen LogP contribution < -0.4 is 15.0 Å². The number of anilines is 1. The van der Waals surface area contributed by atoms with Crippen LogP contribution >= 0.6 is 0 Å². The van der Waals surface area contributed by atoms with Crippen molar-refractivity contribution in [2.24, 2.45) is 0 Å². The molecule has 1 fully saturated rings. The van der Waals surface area contributed by atoms with Crippen molar-refractivity contribution in [2.45, 2.75) is 20.3 Å². The maximum Gasteiger partial charge on any atom is 0.279 e. The fourth-order valence-electron chi connectivity index (χ4n) is 3.84. The molecule has 1 aliphatic heterocycles. The first-order valence-electron chi connectivity index (χ1n) is 10.8. The van der Waals surface area contributed by atoms with E-state index in [1.165, 1.54) is 4.90 Å². The average Bonchev–Trinajstić information content (AvgIpc) is 2.78. The number of methoxy groups -OCH3 is 1. The number of hydrogen-bond donors (Lipinski definition) is 2. The van der Waals surface area contributed by atoms with Crippen molar-refractivity contribution in [3.63, 3.8) is 0 Å². The van der Waals surface area contributed by atoms with Gasteiger partial charge in [0.1, 0.15) is 5.75 Å². The zero-order valence-electron chi connectivity index (χ0n) is 18.6. The lowest BCUT2D eigenvalue weighted by atomic mass is 10.1. The van der Waals surface area contributed by atoms with Gasteiger partial charge in [0.15, 0.2) is 6.54 Å². The Hall–Kier alpha value is -3.12. The van der Waals surface area contributed by atoms with Crippen LogP contribution in [0.15, 0.2) is 48.5 Å². The standard InChI is InChI=1S/C25H31N3O3/c1-4-20-7-5-6-8-22(20)26-24(29)18-27-13-15-28(16-14-27)25(30)12-10-21-17-19(2)9-11-23(21)31-3/h5-12,17H,4,13-16,18H2,1-3H3,(H,26,29)/p+1/b12-10+. The topological polar surface area (TPSA) is 63.1 Å². The summed E-state index contributed by atoms with van der Waals surface area (Å²) in [5.41, 5.74) is 4.03. The summed E-state index contributed by atoms with van der Waals surface area (Å²) in [5, 5.41) is 3.03. The van der Waals surface area contributed by atoms with Crippen molar-refractivity contribution in [2.75, 3.05) is 45.2 Å². The van der Waals surface area contributed by atoms with Gasteiger partial charge >= 0.3 is 0 Å². The summed E-state index contributed by atoms with van der Waals surface area (Å²) in [4.78, 5) is 28.1. The number of nitrogens with zero attached hydrogens (tertiary/aromatic N) is 1. The highest BCUT2D eigenvalue weighted by atomic mass is 16.5. The quantitative estimate of drug-likeness (QED) is 0.671. The summed E-state index contributed by atoms with van der Waals surface area (Å²) in [7, 11) is 1.63. The number of nitrogens with one attached hydrogen (secondary N) is 2. The number of carbonyl (C=O) groups excluding carboxylic acids is 2. The summed E-state index contributed by atoms with van der Waals surface area (Å²) >= 11 is 0. The molecule has 0 radical (unpaired) electrons. The van der Waals surface area contributed by atoms with E-state index >= 15 is 0 Å². The lowest BCUT2D eigenvalue weighted by Gasteiger charge is -2.31. The molecule has 31 heavy (non-hydrogen) atoms. The molecular formula is C25H32N3O3+. The Kier molecular flexibility index (Phi) is 7.84. The number of hydrogen-bond acceptors (Lipinski definition) is 3. The lowest BCUT2D eigenvalue weighted by Crippen LogP contribution is -3.15. The molecule has 6 heteroatoms. The Balaban J connectivity index is 1.49. The number of benzene rings is 2. The largest absolute Gasteiger partial charge is 0.496 e. The van der Waals surface area contributed by atoms with Gasteiger partial charge in [0.05, 0.1) is 33.3 Å². The predicted molar refractivity (Wildman–Crippen MR) is 123 cm³/mol. The highest BCUT2D eigenvalue weighted by Gasteiger charge is 2.24. The number of para-hydroxylation sites is 1. The molecule has 0 bridgehead atoms. The van der Waals surface area contributed by atoms with Crippen molar-refractivity contribution in [3.8, 4) is 5.75 Å². The third-order valence-electron chi connectivity index (χ3n) is 5.66. The Morgan fingerprint density at radius 3 is 2.61 bits per heavy atom. The first kappa shape index (κ1) is 22.6. The smallest absolute Gasteiger partial charge is 0.279 e. The zero-order valence-corrected chi connectivity index (χ0v) is 18.6. The highest BCUT2D eigenvalue weighted by Crippen LogP contribution is 2.21. The van der Waals surface area contributed by atoms with Crippen LogP contribution in [0.5, 0.6) is 5.75 Å². The van der Waals surface area contributed by atoms with Gasteiger partial charge in [-0.3, -0.25) is 9.59 Å². The Bertz CT molecular complexity index is 947. The maximum atomic E-state index is 12.6. The fourth-order valence-corrected chi connectivity index (χ4v) is 3.84. The molecular weight excluding hydrogens is 390 g/mol. The molecule has 0 atom stereocenters. The molecule has 0 spiro atoms. The summed E-state index contributed by atoms with van der Waals surface area (Å²) in [6, 6.07) is 13.8. The van der Waals surface area contributed by atoms with E-state index in [9.17, 15) is 9.59 Å². The number of amides is 2. The van der Waals surface area contributed by atoms with E-state index in [0.717, 1.165) is 47.6 Å². The predicted octanol–water partition coefficient (Wildman–Crippen LogP) is 1.95. The van der Waals surface area contributed by atoms with E-state index in [1.807, 2.05) is 60.4 Å². The van der Waals surface area contributed by atoms with E-state index in [4.69, 9.17) is 4.74 Å². The minimum atomic E-state index is -0.0102. The van der Waals surface area contributed by atoms with Crippen molar-refractivity contribution >= 4 is 23.6 Å². The molecule has 1 heterocycles. The van der Waals surface area contributed by atoms with Crippen LogP contribution in [0.25, 0.3) is 6.08 Å². The van der Waals surface area contributed by atoms with Gasteiger partial charge in [-0.2, -0.15) is 0 Å². The van der Waals surface area contributed by atoms with Crippen molar-refractivity contribution in [3.05, 3.63) is 65.2 Å². The Labute approximate surface area is 184 Å². The van der Waals surface area contributed by atoms with E-state index in [-0.39, 0.29) is 11.8 Å². The zero-order chi connectivity index (χ0) is 22.2. The summed E-state index contributed by atoms with van der Waals surface area (Å²) in [6.07, 6.45) is 4.30. The second-order valence-electron chi connectivity index (χ2n) is 7.89. The first-order chi connectivity index (χ1) is 15.0. The number of carbonyl (C=O) groups is 2. The summed E-state index contributed by atoms with van der Waals surface area (Å²) in [6.45, 7) is 7.31. The van der Waals surface area contributed by atoms with E-state index in [0.29, 0.717) is 19.6 Å². The van der Waals surface area contributed by atoms with Gasteiger partial charge in [0, 0.05) is 17.3 Å². The van der Waals surface area contributed by atoms with Crippen LogP contribution in [0, 0.1) is 6.92 Å². The molecule has 1 aliphatic rings. The normalized spacial score (nSPS) is 14.6. The summed E-state index contributed by atoms with van der Waals surface area (Å²) in [5.74, 6) is 0.755. The van der Waals surface area contributed by atoms with Crippen LogP contribution in [0.1, 0.15) is 23.6 Å². The number of aryl methyl sites for hydroxylation is 2. The van der Waals surface area contributed by atoms with Gasteiger partial charge in [0.2, 0.25) is 5.91 Å². The van der Waals surface area contributed by atoms with E-state index in [1.54, 1.807) is 13.2 Å².